The molecule has 29 heavy (non-hydrogen) atoms. The first-order valence-electron chi connectivity index (χ1n) is 9.47. The van der Waals surface area contributed by atoms with E-state index in [0.717, 1.165) is 22.7 Å². The zero-order chi connectivity index (χ0) is 19.8. The maximum atomic E-state index is 13.6. The Kier molecular flexibility index (Phi) is 4.37. The van der Waals surface area contributed by atoms with Crippen molar-refractivity contribution in [3.63, 3.8) is 0 Å². The summed E-state index contributed by atoms with van der Waals surface area (Å²) in [6, 6.07) is 15.8. The largest absolute Gasteiger partial charge is 0.404 e. The monoisotopic (exact) mass is 402 g/mol. The van der Waals surface area contributed by atoms with Crippen LogP contribution in [0.4, 0.5) is 0 Å². The van der Waals surface area contributed by atoms with Crippen LogP contribution in [0.3, 0.4) is 0 Å². The van der Waals surface area contributed by atoms with Gasteiger partial charge in [-0.05, 0) is 23.6 Å². The number of pyridine rings is 1. The highest BCUT2D eigenvalue weighted by Gasteiger charge is 2.37. The molecule has 4 aromatic rings. The average molecular weight is 403 g/mol. The SMILES string of the molecule is N/C=C(/C(=O)N1CCc2[nH]cnc2[C@@H]1c1cc2ccccc2s1)c1cccc[nH+]1. The van der Waals surface area contributed by atoms with E-state index in [0.29, 0.717) is 17.8 Å². The maximum absolute atomic E-state index is 13.6. The number of H-pyrrole nitrogens is 2. The molecule has 6 nitrogen and oxygen atoms in total. The number of nitrogens with two attached hydrogens (primary N) is 1. The van der Waals surface area contributed by atoms with Crippen LogP contribution < -0.4 is 10.7 Å². The summed E-state index contributed by atoms with van der Waals surface area (Å²) in [5.41, 5.74) is 9.03. The number of carbonyl (C=O) groups is 1. The van der Waals surface area contributed by atoms with Crippen molar-refractivity contribution in [2.45, 2.75) is 12.5 Å². The highest BCUT2D eigenvalue weighted by atomic mass is 32.1. The Morgan fingerprint density at radius 3 is 2.93 bits per heavy atom. The Hall–Kier alpha value is -3.45. The van der Waals surface area contributed by atoms with E-state index >= 15 is 0 Å². The summed E-state index contributed by atoms with van der Waals surface area (Å²) in [4.78, 5) is 27.5. The van der Waals surface area contributed by atoms with Crippen LogP contribution in [0.2, 0.25) is 0 Å². The van der Waals surface area contributed by atoms with Gasteiger partial charge in [0.2, 0.25) is 5.69 Å². The van der Waals surface area contributed by atoms with Crippen LogP contribution in [0.5, 0.6) is 0 Å². The lowest BCUT2D eigenvalue weighted by Crippen LogP contribution is -2.41. The molecule has 0 aliphatic carbocycles. The van der Waals surface area contributed by atoms with E-state index in [9.17, 15) is 4.79 Å². The molecule has 3 aromatic heterocycles. The minimum atomic E-state index is -0.242. The number of aromatic amines is 2. The summed E-state index contributed by atoms with van der Waals surface area (Å²) in [6.45, 7) is 0.594. The molecule has 1 aliphatic heterocycles. The lowest BCUT2D eigenvalue weighted by molar-refractivity contribution is -0.381. The van der Waals surface area contributed by atoms with Gasteiger partial charge < -0.3 is 15.6 Å². The first kappa shape index (κ1) is 17.6. The van der Waals surface area contributed by atoms with E-state index in [1.807, 2.05) is 35.2 Å². The number of rotatable bonds is 3. The number of nitrogens with one attached hydrogen (secondary N) is 2. The predicted molar refractivity (Wildman–Crippen MR) is 113 cm³/mol. The Balaban J connectivity index is 1.60. The number of hydrogen-bond acceptors (Lipinski definition) is 4. The molecule has 4 N–H and O–H groups in total. The molecule has 1 amide bonds. The Labute approximate surface area is 171 Å². The van der Waals surface area contributed by atoms with Crippen molar-refractivity contribution in [3.05, 3.63) is 89.2 Å². The summed E-state index contributed by atoms with van der Waals surface area (Å²) in [7, 11) is 0. The lowest BCUT2D eigenvalue weighted by Gasteiger charge is -2.34. The van der Waals surface area contributed by atoms with Gasteiger partial charge in [0.1, 0.15) is 11.6 Å². The molecule has 0 saturated carbocycles. The van der Waals surface area contributed by atoms with Crippen molar-refractivity contribution in [1.29, 1.82) is 0 Å². The van der Waals surface area contributed by atoms with E-state index < -0.39 is 0 Å². The molecule has 0 spiro atoms. The highest BCUT2D eigenvalue weighted by molar-refractivity contribution is 7.19. The molecule has 144 valence electrons. The second-order valence-corrected chi connectivity index (χ2v) is 8.08. The number of benzene rings is 1. The van der Waals surface area contributed by atoms with Crippen LogP contribution in [-0.4, -0.2) is 27.3 Å². The number of imidazole rings is 1. The summed E-state index contributed by atoms with van der Waals surface area (Å²) in [5.74, 6) is -0.106. The number of aromatic nitrogens is 3. The first-order valence-corrected chi connectivity index (χ1v) is 10.3. The molecule has 0 radical (unpaired) electrons. The van der Waals surface area contributed by atoms with Gasteiger partial charge >= 0.3 is 0 Å². The Bertz CT molecular complexity index is 1180. The molecular weight excluding hydrogens is 382 g/mol. The predicted octanol–water partition coefficient (Wildman–Crippen LogP) is 2.91. The van der Waals surface area contributed by atoms with Gasteiger partial charge in [0.15, 0.2) is 6.20 Å². The summed E-state index contributed by atoms with van der Waals surface area (Å²) in [6.07, 6.45) is 5.62. The van der Waals surface area contributed by atoms with Crippen molar-refractivity contribution in [2.75, 3.05) is 6.54 Å². The molecule has 1 atom stereocenters. The number of carbonyl (C=O) groups excluding carboxylic acids is 1. The number of nitrogens with zero attached hydrogens (tertiary/aromatic N) is 2. The van der Waals surface area contributed by atoms with Gasteiger partial charge in [-0.15, -0.1) is 11.3 Å². The topological polar surface area (TPSA) is 89.2 Å². The van der Waals surface area contributed by atoms with Gasteiger partial charge in [0.25, 0.3) is 5.91 Å². The van der Waals surface area contributed by atoms with Crippen molar-refractivity contribution < 1.29 is 9.78 Å². The smallest absolute Gasteiger partial charge is 0.262 e. The summed E-state index contributed by atoms with van der Waals surface area (Å²) in [5, 5.41) is 1.17. The third-order valence-electron chi connectivity index (χ3n) is 5.30. The fourth-order valence-corrected chi connectivity index (χ4v) is 5.09. The van der Waals surface area contributed by atoms with Crippen molar-refractivity contribution in [2.24, 2.45) is 5.73 Å². The standard InChI is InChI=1S/C22H19N5OS/c23-12-15(16-6-3-4-9-24-16)22(28)27-10-8-17-20(26-13-25-17)21(27)19-11-14-5-1-2-7-18(14)29-19/h1-7,9,11-13,21H,8,10,23H2,(H,25,26)/p+1/b15-12+/t21-/m0/s1. The van der Waals surface area contributed by atoms with Gasteiger partial charge in [-0.2, -0.15) is 0 Å². The maximum Gasteiger partial charge on any atom is 0.262 e. The molecule has 5 rings (SSSR count). The summed E-state index contributed by atoms with van der Waals surface area (Å²) < 4.78 is 1.20. The fourth-order valence-electron chi connectivity index (χ4n) is 3.91. The number of amides is 1. The van der Waals surface area contributed by atoms with E-state index in [1.54, 1.807) is 23.9 Å². The molecule has 0 bridgehead atoms. The van der Waals surface area contributed by atoms with E-state index in [2.05, 4.69) is 33.2 Å². The second kappa shape index (κ2) is 7.18. The third kappa shape index (κ3) is 3.00. The summed E-state index contributed by atoms with van der Waals surface area (Å²) >= 11 is 1.70. The van der Waals surface area contributed by atoms with Crippen LogP contribution >= 0.6 is 11.3 Å². The van der Waals surface area contributed by atoms with E-state index in [1.165, 1.54) is 16.3 Å². The van der Waals surface area contributed by atoms with E-state index in [-0.39, 0.29) is 11.9 Å². The van der Waals surface area contributed by atoms with Gasteiger partial charge in [0.05, 0.1) is 12.0 Å². The molecule has 0 saturated heterocycles. The number of fused-ring (bicyclic) bond motifs is 2. The van der Waals surface area contributed by atoms with Crippen LogP contribution in [0.15, 0.2) is 67.3 Å². The quantitative estimate of drug-likeness (QED) is 0.517. The lowest BCUT2D eigenvalue weighted by atomic mass is 9.99. The Morgan fingerprint density at radius 2 is 2.14 bits per heavy atom. The van der Waals surface area contributed by atoms with Crippen molar-refractivity contribution >= 4 is 32.9 Å². The molecule has 0 unspecified atom stereocenters. The van der Waals surface area contributed by atoms with Gasteiger partial charge in [-0.1, -0.05) is 18.2 Å². The van der Waals surface area contributed by atoms with Crippen LogP contribution in [0, 0.1) is 0 Å². The Morgan fingerprint density at radius 1 is 1.28 bits per heavy atom. The molecule has 1 aliphatic rings. The average Bonchev–Trinajstić information content (AvgIpc) is 3.41. The molecular formula is C22H20N5OS+. The first-order chi connectivity index (χ1) is 14.3. The van der Waals surface area contributed by atoms with E-state index in [4.69, 9.17) is 5.73 Å². The van der Waals surface area contributed by atoms with Gasteiger partial charge in [-0.3, -0.25) is 4.79 Å². The van der Waals surface area contributed by atoms with Crippen LogP contribution in [-0.2, 0) is 11.2 Å². The van der Waals surface area contributed by atoms with Crippen LogP contribution in [0.25, 0.3) is 15.7 Å². The normalized spacial score (nSPS) is 16.8. The molecule has 7 heteroatoms. The molecule has 4 heterocycles. The number of hydrogen-bond donors (Lipinski definition) is 2. The molecule has 0 fully saturated rings. The highest BCUT2D eigenvalue weighted by Crippen LogP contribution is 2.40. The zero-order valence-electron chi connectivity index (χ0n) is 15.6. The molecule has 1 aromatic carbocycles. The number of thiophene rings is 1. The van der Waals surface area contributed by atoms with Crippen LogP contribution in [0.1, 0.15) is 28.0 Å². The minimum absolute atomic E-state index is 0.106. The van der Waals surface area contributed by atoms with Crippen molar-refractivity contribution in [1.82, 2.24) is 14.9 Å². The fraction of sp³-hybridized carbons (Fsp3) is 0.136. The minimum Gasteiger partial charge on any atom is -0.404 e. The van der Waals surface area contributed by atoms with Gasteiger partial charge in [-0.25, -0.2) is 9.97 Å². The third-order valence-corrected chi connectivity index (χ3v) is 6.46. The van der Waals surface area contributed by atoms with Crippen molar-refractivity contribution in [3.8, 4) is 0 Å². The van der Waals surface area contributed by atoms with Gasteiger partial charge in [0, 0.05) is 46.6 Å². The zero-order valence-corrected chi connectivity index (χ0v) is 16.4. The second-order valence-electron chi connectivity index (χ2n) is 6.96.